The highest BCUT2D eigenvalue weighted by molar-refractivity contribution is 8.93. The zero-order valence-electron chi connectivity index (χ0n) is 21.0. The molecule has 36 heavy (non-hydrogen) atoms. The van der Waals surface area contributed by atoms with Gasteiger partial charge in [-0.3, -0.25) is 0 Å². The molecule has 3 aromatic rings. The maximum absolute atomic E-state index is 6.94. The summed E-state index contributed by atoms with van der Waals surface area (Å²) in [6, 6.07) is 19.4. The van der Waals surface area contributed by atoms with E-state index in [1.54, 1.807) is 0 Å². The van der Waals surface area contributed by atoms with Crippen molar-refractivity contribution in [3.63, 3.8) is 0 Å². The summed E-state index contributed by atoms with van der Waals surface area (Å²) in [4.78, 5) is 2.28. The van der Waals surface area contributed by atoms with Crippen molar-refractivity contribution in [3.05, 3.63) is 119 Å². The fourth-order valence-corrected chi connectivity index (χ4v) is 5.36. The van der Waals surface area contributed by atoms with Gasteiger partial charge in [0.05, 0.1) is 5.39 Å². The minimum absolute atomic E-state index is 0. The molecule has 4 heteroatoms. The average Bonchev–Trinajstić information content (AvgIpc) is 2.91. The number of benzene rings is 2. The van der Waals surface area contributed by atoms with Crippen molar-refractivity contribution in [2.45, 2.75) is 39.7 Å². The van der Waals surface area contributed by atoms with Crippen molar-refractivity contribution in [2.75, 3.05) is 11.4 Å². The smallest absolute Gasteiger partial charge is 0.213 e. The molecule has 0 fully saturated rings. The molecule has 0 bridgehead atoms. The van der Waals surface area contributed by atoms with Gasteiger partial charge in [-0.15, -0.1) is 17.0 Å². The van der Waals surface area contributed by atoms with Gasteiger partial charge in [0.25, 0.3) is 0 Å². The maximum atomic E-state index is 6.94. The molecule has 5 rings (SSSR count). The van der Waals surface area contributed by atoms with Crippen molar-refractivity contribution < 1.29 is 4.57 Å². The highest BCUT2D eigenvalue weighted by Crippen LogP contribution is 2.36. The molecule has 2 heterocycles. The molecule has 0 N–H and O–H groups in total. The van der Waals surface area contributed by atoms with Gasteiger partial charge >= 0.3 is 0 Å². The van der Waals surface area contributed by atoms with Crippen LogP contribution in [0.1, 0.15) is 44.2 Å². The zero-order valence-corrected chi connectivity index (χ0v) is 23.4. The molecule has 0 atom stereocenters. The van der Waals surface area contributed by atoms with Crippen LogP contribution in [0.25, 0.3) is 22.6 Å². The SMILES string of the molecule is Br.CCN1C=C/C(=C/C=C2\CCCC(/C=C/c3cc[n+](CC)c4ccccc34)=C2Cl)c2ccccc21. The van der Waals surface area contributed by atoms with Crippen LogP contribution >= 0.6 is 28.6 Å². The van der Waals surface area contributed by atoms with E-state index in [0.717, 1.165) is 37.4 Å². The topological polar surface area (TPSA) is 7.12 Å². The van der Waals surface area contributed by atoms with Crippen molar-refractivity contribution in [2.24, 2.45) is 0 Å². The van der Waals surface area contributed by atoms with Crippen LogP contribution in [0, 0.1) is 0 Å². The Morgan fingerprint density at radius 3 is 2.58 bits per heavy atom. The van der Waals surface area contributed by atoms with E-state index < -0.39 is 0 Å². The lowest BCUT2D eigenvalue weighted by Gasteiger charge is -2.26. The lowest BCUT2D eigenvalue weighted by atomic mass is 9.92. The number of nitrogens with zero attached hydrogens (tertiary/aromatic N) is 2. The predicted octanol–water partition coefficient (Wildman–Crippen LogP) is 8.78. The molecule has 1 aliphatic heterocycles. The van der Waals surface area contributed by atoms with Crippen LogP contribution in [0.15, 0.2) is 107 Å². The summed E-state index contributed by atoms with van der Waals surface area (Å²) in [6.45, 7) is 6.28. The van der Waals surface area contributed by atoms with Gasteiger partial charge in [0.2, 0.25) is 5.52 Å². The second kappa shape index (κ2) is 11.9. The molecular weight excluding hydrogens is 528 g/mol. The number of hydrogen-bond donors (Lipinski definition) is 0. The van der Waals surface area contributed by atoms with Crippen LogP contribution < -0.4 is 9.47 Å². The fourth-order valence-electron chi connectivity index (χ4n) is 5.05. The number of halogens is 2. The Kier molecular flexibility index (Phi) is 8.66. The summed E-state index contributed by atoms with van der Waals surface area (Å²) in [6.07, 6.45) is 18.6. The van der Waals surface area contributed by atoms with E-state index in [4.69, 9.17) is 11.6 Å². The number of aromatic nitrogens is 1. The molecule has 0 unspecified atom stereocenters. The zero-order chi connectivity index (χ0) is 24.2. The quantitative estimate of drug-likeness (QED) is 0.283. The Morgan fingerprint density at radius 1 is 0.944 bits per heavy atom. The van der Waals surface area contributed by atoms with Crippen molar-refractivity contribution in [1.82, 2.24) is 0 Å². The Balaban J connectivity index is 0.00000304. The third-order valence-corrected chi connectivity index (χ3v) is 7.47. The standard InChI is InChI=1S/C32H32ClN2.BrH/c1-3-34-22-20-24(28-12-5-7-14-30(28)34)16-18-26-10-9-11-27(32(26)33)19-17-25-21-23-35(4-2)31-15-8-6-13-29(25)31;/h5-8,12-23H,3-4,9-11H2,1-2H3;1H/q+1;. The van der Waals surface area contributed by atoms with Gasteiger partial charge < -0.3 is 4.90 Å². The molecule has 1 aliphatic carbocycles. The van der Waals surface area contributed by atoms with Gasteiger partial charge in [-0.2, -0.15) is 4.57 Å². The number of aryl methyl sites for hydroxylation is 1. The predicted molar refractivity (Wildman–Crippen MR) is 161 cm³/mol. The van der Waals surface area contributed by atoms with Gasteiger partial charge in [0.1, 0.15) is 6.54 Å². The minimum Gasteiger partial charge on any atom is -0.348 e. The first-order chi connectivity index (χ1) is 17.2. The molecule has 0 saturated heterocycles. The number of anilines is 1. The van der Waals surface area contributed by atoms with E-state index in [-0.39, 0.29) is 17.0 Å². The molecule has 2 aromatic carbocycles. The second-order valence-corrected chi connectivity index (χ2v) is 9.41. The number of hydrogen-bond acceptors (Lipinski definition) is 1. The number of fused-ring (bicyclic) bond motifs is 2. The van der Waals surface area contributed by atoms with E-state index in [2.05, 4.69) is 121 Å². The van der Waals surface area contributed by atoms with Crippen LogP contribution in [0.3, 0.4) is 0 Å². The monoisotopic (exact) mass is 559 g/mol. The Labute approximate surface area is 230 Å². The van der Waals surface area contributed by atoms with Gasteiger partial charge in [0.15, 0.2) is 6.20 Å². The van der Waals surface area contributed by atoms with Crippen molar-refractivity contribution in [1.29, 1.82) is 0 Å². The summed E-state index contributed by atoms with van der Waals surface area (Å²) in [5.74, 6) is 0. The summed E-state index contributed by atoms with van der Waals surface area (Å²) in [7, 11) is 0. The third kappa shape index (κ3) is 5.28. The molecule has 184 valence electrons. The van der Waals surface area contributed by atoms with E-state index in [0.29, 0.717) is 0 Å². The first-order valence-electron chi connectivity index (χ1n) is 12.6. The first kappa shape index (κ1) is 26.2. The van der Waals surface area contributed by atoms with Gasteiger partial charge in [-0.1, -0.05) is 66.2 Å². The van der Waals surface area contributed by atoms with E-state index in [1.807, 2.05) is 0 Å². The Hall–Kier alpha value is -2.88. The van der Waals surface area contributed by atoms with Gasteiger partial charge in [0, 0.05) is 41.2 Å². The normalized spacial score (nSPS) is 17.8. The van der Waals surface area contributed by atoms with Crippen LogP contribution in [0.5, 0.6) is 0 Å². The molecule has 1 aromatic heterocycles. The molecular formula is C32H33BrClN2+. The third-order valence-electron chi connectivity index (χ3n) is 6.98. The highest BCUT2D eigenvalue weighted by atomic mass is 79.9. The molecule has 0 saturated carbocycles. The Bertz CT molecular complexity index is 1410. The van der Waals surface area contributed by atoms with Crippen molar-refractivity contribution in [3.8, 4) is 0 Å². The fraction of sp³-hybridized carbons (Fsp3) is 0.219. The second-order valence-electron chi connectivity index (χ2n) is 9.03. The van der Waals surface area contributed by atoms with Crippen LogP contribution in [-0.4, -0.2) is 6.54 Å². The van der Waals surface area contributed by atoms with E-state index in [1.165, 1.54) is 44.4 Å². The number of para-hydroxylation sites is 2. The molecule has 0 spiro atoms. The summed E-state index contributed by atoms with van der Waals surface area (Å²) >= 11 is 6.94. The number of pyridine rings is 1. The van der Waals surface area contributed by atoms with Crippen LogP contribution in [-0.2, 0) is 6.54 Å². The first-order valence-corrected chi connectivity index (χ1v) is 13.0. The lowest BCUT2D eigenvalue weighted by Crippen LogP contribution is -2.32. The lowest BCUT2D eigenvalue weighted by molar-refractivity contribution is -0.667. The Morgan fingerprint density at radius 2 is 1.75 bits per heavy atom. The largest absolute Gasteiger partial charge is 0.348 e. The average molecular weight is 561 g/mol. The van der Waals surface area contributed by atoms with Gasteiger partial charge in [-0.25, -0.2) is 0 Å². The van der Waals surface area contributed by atoms with Gasteiger partial charge in [-0.05, 0) is 73.6 Å². The minimum atomic E-state index is 0. The summed E-state index contributed by atoms with van der Waals surface area (Å²) in [5, 5.41) is 2.17. The molecule has 0 amide bonds. The summed E-state index contributed by atoms with van der Waals surface area (Å²) < 4.78 is 2.28. The van der Waals surface area contributed by atoms with E-state index in [9.17, 15) is 0 Å². The summed E-state index contributed by atoms with van der Waals surface area (Å²) in [5.41, 5.74) is 8.68. The number of allylic oxidation sites excluding steroid dienone is 8. The highest BCUT2D eigenvalue weighted by Gasteiger charge is 2.16. The van der Waals surface area contributed by atoms with Crippen molar-refractivity contribution >= 4 is 56.8 Å². The number of rotatable bonds is 5. The molecule has 2 nitrogen and oxygen atoms in total. The maximum Gasteiger partial charge on any atom is 0.213 e. The molecule has 0 radical (unpaired) electrons. The van der Waals surface area contributed by atoms with Crippen LogP contribution in [0.2, 0.25) is 0 Å². The molecule has 2 aliphatic rings. The van der Waals surface area contributed by atoms with E-state index >= 15 is 0 Å². The van der Waals surface area contributed by atoms with Crippen LogP contribution in [0.4, 0.5) is 5.69 Å².